The van der Waals surface area contributed by atoms with E-state index in [1.807, 2.05) is 47.0 Å². The standard InChI is InChI=1S/C16H17N3O2/c1-21-12-7-5-11(6-8-12)16-18-15-13(17)3-2-4-14(15)19(16)9-10-20/h2-8,20H,9-10,17H2,1H3. The van der Waals surface area contributed by atoms with E-state index in [4.69, 9.17) is 10.5 Å². The predicted octanol–water partition coefficient (Wildman–Crippen LogP) is 2.29. The van der Waals surface area contributed by atoms with E-state index in [1.54, 1.807) is 7.11 Å². The Morgan fingerprint density at radius 2 is 1.95 bits per heavy atom. The van der Waals surface area contributed by atoms with Crippen LogP contribution in [0.2, 0.25) is 0 Å². The monoisotopic (exact) mass is 283 g/mol. The summed E-state index contributed by atoms with van der Waals surface area (Å²) >= 11 is 0. The van der Waals surface area contributed by atoms with Crippen molar-refractivity contribution in [3.63, 3.8) is 0 Å². The normalized spacial score (nSPS) is 11.0. The van der Waals surface area contributed by atoms with Crippen LogP contribution in [0, 0.1) is 0 Å². The zero-order valence-corrected chi connectivity index (χ0v) is 11.8. The highest BCUT2D eigenvalue weighted by atomic mass is 16.5. The highest BCUT2D eigenvalue weighted by Gasteiger charge is 2.13. The lowest BCUT2D eigenvalue weighted by Crippen LogP contribution is -2.04. The van der Waals surface area contributed by atoms with Gasteiger partial charge in [0.1, 0.15) is 17.1 Å². The molecule has 0 unspecified atom stereocenters. The molecule has 0 fully saturated rings. The van der Waals surface area contributed by atoms with Crippen LogP contribution in [0.1, 0.15) is 0 Å². The minimum absolute atomic E-state index is 0.0451. The minimum Gasteiger partial charge on any atom is -0.497 e. The molecular weight excluding hydrogens is 266 g/mol. The van der Waals surface area contributed by atoms with Crippen LogP contribution in [0.4, 0.5) is 5.69 Å². The Balaban J connectivity index is 2.20. The second-order valence-corrected chi connectivity index (χ2v) is 4.75. The Labute approximate surface area is 122 Å². The quantitative estimate of drug-likeness (QED) is 0.720. The van der Waals surface area contributed by atoms with Crippen molar-refractivity contribution < 1.29 is 9.84 Å². The van der Waals surface area contributed by atoms with Gasteiger partial charge in [-0.3, -0.25) is 0 Å². The van der Waals surface area contributed by atoms with Crippen molar-refractivity contribution in [1.29, 1.82) is 0 Å². The van der Waals surface area contributed by atoms with Crippen molar-refractivity contribution in [2.24, 2.45) is 0 Å². The number of para-hydroxylation sites is 1. The molecule has 0 bridgehead atoms. The number of nitrogen functional groups attached to an aromatic ring is 1. The molecule has 0 amide bonds. The zero-order chi connectivity index (χ0) is 14.8. The Morgan fingerprint density at radius 3 is 2.62 bits per heavy atom. The average Bonchev–Trinajstić information content (AvgIpc) is 2.88. The van der Waals surface area contributed by atoms with Gasteiger partial charge in [0, 0.05) is 12.1 Å². The summed E-state index contributed by atoms with van der Waals surface area (Å²) in [7, 11) is 1.64. The van der Waals surface area contributed by atoms with Crippen LogP contribution < -0.4 is 10.5 Å². The number of anilines is 1. The number of aliphatic hydroxyl groups excluding tert-OH is 1. The molecule has 0 aliphatic rings. The summed E-state index contributed by atoms with van der Waals surface area (Å²) in [5, 5.41) is 9.32. The number of hydrogen-bond donors (Lipinski definition) is 2. The van der Waals surface area contributed by atoms with Crippen LogP contribution in [0.3, 0.4) is 0 Å². The van der Waals surface area contributed by atoms with Crippen molar-refractivity contribution in [1.82, 2.24) is 9.55 Å². The number of aliphatic hydroxyl groups is 1. The lowest BCUT2D eigenvalue weighted by Gasteiger charge is -2.08. The summed E-state index contributed by atoms with van der Waals surface area (Å²) in [6, 6.07) is 13.4. The third-order valence-corrected chi connectivity index (χ3v) is 3.48. The predicted molar refractivity (Wildman–Crippen MR) is 83.2 cm³/mol. The van der Waals surface area contributed by atoms with Gasteiger partial charge in [-0.25, -0.2) is 4.98 Å². The number of hydrogen-bond acceptors (Lipinski definition) is 4. The van der Waals surface area contributed by atoms with Gasteiger partial charge in [-0.2, -0.15) is 0 Å². The van der Waals surface area contributed by atoms with Gasteiger partial charge in [0.15, 0.2) is 0 Å². The fourth-order valence-electron chi connectivity index (χ4n) is 2.46. The third-order valence-electron chi connectivity index (χ3n) is 3.48. The van der Waals surface area contributed by atoms with E-state index in [-0.39, 0.29) is 6.61 Å². The van der Waals surface area contributed by atoms with Crippen LogP contribution in [-0.2, 0) is 6.54 Å². The number of imidazole rings is 1. The molecule has 2 aromatic carbocycles. The molecule has 5 nitrogen and oxygen atoms in total. The summed E-state index contributed by atoms with van der Waals surface area (Å²) in [5.74, 6) is 1.59. The molecule has 0 radical (unpaired) electrons. The topological polar surface area (TPSA) is 73.3 Å². The highest BCUT2D eigenvalue weighted by molar-refractivity contribution is 5.90. The van der Waals surface area contributed by atoms with Crippen LogP contribution >= 0.6 is 0 Å². The summed E-state index contributed by atoms with van der Waals surface area (Å²) < 4.78 is 7.15. The Kier molecular flexibility index (Phi) is 3.50. The van der Waals surface area contributed by atoms with E-state index in [2.05, 4.69) is 4.98 Å². The molecule has 3 aromatic rings. The van der Waals surface area contributed by atoms with Gasteiger partial charge >= 0.3 is 0 Å². The zero-order valence-electron chi connectivity index (χ0n) is 11.8. The Bertz CT molecular complexity index is 763. The lowest BCUT2D eigenvalue weighted by atomic mass is 10.2. The Morgan fingerprint density at radius 1 is 1.19 bits per heavy atom. The first-order valence-corrected chi connectivity index (χ1v) is 6.74. The molecule has 3 rings (SSSR count). The maximum atomic E-state index is 9.32. The molecule has 1 heterocycles. The van der Waals surface area contributed by atoms with E-state index in [0.29, 0.717) is 12.2 Å². The van der Waals surface area contributed by atoms with E-state index in [9.17, 15) is 5.11 Å². The van der Waals surface area contributed by atoms with Gasteiger partial charge in [0.05, 0.1) is 24.9 Å². The van der Waals surface area contributed by atoms with Gasteiger partial charge < -0.3 is 20.1 Å². The molecule has 0 spiro atoms. The van der Waals surface area contributed by atoms with Crippen LogP contribution in [-0.4, -0.2) is 28.4 Å². The molecule has 5 heteroatoms. The van der Waals surface area contributed by atoms with Gasteiger partial charge in [-0.1, -0.05) is 6.07 Å². The van der Waals surface area contributed by atoms with Crippen molar-refractivity contribution in [3.05, 3.63) is 42.5 Å². The maximum Gasteiger partial charge on any atom is 0.141 e. The van der Waals surface area contributed by atoms with Crippen LogP contribution in [0.5, 0.6) is 5.75 Å². The maximum absolute atomic E-state index is 9.32. The van der Waals surface area contributed by atoms with E-state index in [0.717, 1.165) is 28.2 Å². The summed E-state index contributed by atoms with van der Waals surface area (Å²) in [6.07, 6.45) is 0. The molecular formula is C16H17N3O2. The number of benzene rings is 2. The molecule has 0 aliphatic heterocycles. The van der Waals surface area contributed by atoms with Gasteiger partial charge in [0.2, 0.25) is 0 Å². The van der Waals surface area contributed by atoms with Crippen LogP contribution in [0.15, 0.2) is 42.5 Å². The second-order valence-electron chi connectivity index (χ2n) is 4.75. The summed E-state index contributed by atoms with van der Waals surface area (Å²) in [4.78, 5) is 4.64. The van der Waals surface area contributed by atoms with Crippen molar-refractivity contribution >= 4 is 16.7 Å². The molecule has 0 aliphatic carbocycles. The van der Waals surface area contributed by atoms with E-state index in [1.165, 1.54) is 0 Å². The Hall–Kier alpha value is -2.53. The molecule has 108 valence electrons. The molecule has 3 N–H and O–H groups in total. The number of aromatic nitrogens is 2. The second kappa shape index (κ2) is 5.46. The minimum atomic E-state index is 0.0451. The van der Waals surface area contributed by atoms with E-state index < -0.39 is 0 Å². The molecule has 0 saturated carbocycles. The van der Waals surface area contributed by atoms with E-state index >= 15 is 0 Å². The van der Waals surface area contributed by atoms with Crippen molar-refractivity contribution in [2.45, 2.75) is 6.54 Å². The molecule has 0 saturated heterocycles. The molecule has 21 heavy (non-hydrogen) atoms. The number of fused-ring (bicyclic) bond motifs is 1. The van der Waals surface area contributed by atoms with Gasteiger partial charge in [-0.15, -0.1) is 0 Å². The van der Waals surface area contributed by atoms with Gasteiger partial charge in [0.25, 0.3) is 0 Å². The van der Waals surface area contributed by atoms with Crippen molar-refractivity contribution in [2.75, 3.05) is 19.5 Å². The summed E-state index contributed by atoms with van der Waals surface area (Å²) in [6.45, 7) is 0.519. The number of rotatable bonds is 4. The average molecular weight is 283 g/mol. The fraction of sp³-hybridized carbons (Fsp3) is 0.188. The number of nitrogens with two attached hydrogens (primary N) is 1. The first kappa shape index (κ1) is 13.5. The van der Waals surface area contributed by atoms with Crippen molar-refractivity contribution in [3.8, 4) is 17.1 Å². The number of methoxy groups -OCH3 is 1. The fourth-order valence-corrected chi connectivity index (χ4v) is 2.46. The number of ether oxygens (including phenoxy) is 1. The molecule has 1 aromatic heterocycles. The first-order valence-electron chi connectivity index (χ1n) is 6.74. The third kappa shape index (κ3) is 2.32. The first-order chi connectivity index (χ1) is 10.2. The summed E-state index contributed by atoms with van der Waals surface area (Å²) in [5.41, 5.74) is 9.28. The van der Waals surface area contributed by atoms with Crippen LogP contribution in [0.25, 0.3) is 22.4 Å². The lowest BCUT2D eigenvalue weighted by molar-refractivity contribution is 0.278. The number of nitrogens with zero attached hydrogens (tertiary/aromatic N) is 2. The van der Waals surface area contributed by atoms with Gasteiger partial charge in [-0.05, 0) is 36.4 Å². The smallest absolute Gasteiger partial charge is 0.141 e. The largest absolute Gasteiger partial charge is 0.497 e. The SMILES string of the molecule is COc1ccc(-c2nc3c(N)cccc3n2CCO)cc1. The highest BCUT2D eigenvalue weighted by Crippen LogP contribution is 2.28. The molecule has 0 atom stereocenters.